The fourth-order valence-corrected chi connectivity index (χ4v) is 2.35. The molecule has 2 fully saturated rings. The molecule has 1 heteroatoms. The maximum absolute atomic E-state index is 2.72. The van der Waals surface area contributed by atoms with Crippen LogP contribution in [0, 0.1) is 5.92 Å². The van der Waals surface area contributed by atoms with Crippen LogP contribution in [0.1, 0.15) is 39.0 Å². The highest BCUT2D eigenvalue weighted by atomic mass is 15.2. The number of unbranched alkanes of at least 4 members (excludes halogenated alkanes) is 1. The molecule has 0 spiro atoms. The van der Waals surface area contributed by atoms with Gasteiger partial charge in [-0.15, -0.1) is 0 Å². The van der Waals surface area contributed by atoms with E-state index in [0.29, 0.717) is 0 Å². The Balaban J connectivity index is 1.75. The maximum Gasteiger partial charge on any atom is 0.0127 e. The molecular weight excluding hydrogens is 134 g/mol. The van der Waals surface area contributed by atoms with Crippen molar-refractivity contribution >= 4 is 0 Å². The lowest BCUT2D eigenvalue weighted by Gasteiger charge is -2.25. The molecule has 0 aromatic rings. The van der Waals surface area contributed by atoms with E-state index in [1.807, 2.05) is 0 Å². The SMILES string of the molecule is CCCCN1CCCC2CC21. The van der Waals surface area contributed by atoms with E-state index in [2.05, 4.69) is 11.8 Å². The Kier molecular flexibility index (Phi) is 2.17. The summed E-state index contributed by atoms with van der Waals surface area (Å²) in [7, 11) is 0. The van der Waals surface area contributed by atoms with Gasteiger partial charge in [0.25, 0.3) is 0 Å². The first kappa shape index (κ1) is 7.60. The molecule has 1 saturated heterocycles. The first-order valence-corrected chi connectivity index (χ1v) is 5.16. The summed E-state index contributed by atoms with van der Waals surface area (Å²) < 4.78 is 0. The summed E-state index contributed by atoms with van der Waals surface area (Å²) >= 11 is 0. The van der Waals surface area contributed by atoms with E-state index >= 15 is 0 Å². The van der Waals surface area contributed by atoms with Crippen molar-refractivity contribution in [3.05, 3.63) is 0 Å². The number of nitrogens with zero attached hydrogens (tertiary/aromatic N) is 1. The van der Waals surface area contributed by atoms with Gasteiger partial charge in [0.15, 0.2) is 0 Å². The summed E-state index contributed by atoms with van der Waals surface area (Å²) in [5.41, 5.74) is 0. The second-order valence-electron chi connectivity index (χ2n) is 4.09. The summed E-state index contributed by atoms with van der Waals surface area (Å²) in [6.45, 7) is 5.05. The number of hydrogen-bond acceptors (Lipinski definition) is 1. The van der Waals surface area contributed by atoms with Crippen LogP contribution in [0.3, 0.4) is 0 Å². The monoisotopic (exact) mass is 153 g/mol. The summed E-state index contributed by atoms with van der Waals surface area (Å²) in [5, 5.41) is 0. The quantitative estimate of drug-likeness (QED) is 0.601. The summed E-state index contributed by atoms with van der Waals surface area (Å²) in [4.78, 5) is 2.72. The maximum atomic E-state index is 2.72. The van der Waals surface area contributed by atoms with Crippen LogP contribution in [0.5, 0.6) is 0 Å². The fourth-order valence-electron chi connectivity index (χ4n) is 2.35. The standard InChI is InChI=1S/C10H19N/c1-2-3-6-11-7-4-5-9-8-10(9)11/h9-10H,2-8H2,1H3. The zero-order valence-corrected chi connectivity index (χ0v) is 7.55. The van der Waals surface area contributed by atoms with Crippen molar-refractivity contribution in [1.82, 2.24) is 4.90 Å². The zero-order valence-electron chi connectivity index (χ0n) is 7.55. The highest BCUT2D eigenvalue weighted by Crippen LogP contribution is 2.42. The Morgan fingerprint density at radius 3 is 3.18 bits per heavy atom. The van der Waals surface area contributed by atoms with Crippen molar-refractivity contribution in [2.45, 2.75) is 45.1 Å². The number of fused-ring (bicyclic) bond motifs is 1. The van der Waals surface area contributed by atoms with Gasteiger partial charge in [-0.2, -0.15) is 0 Å². The van der Waals surface area contributed by atoms with Gasteiger partial charge in [-0.1, -0.05) is 13.3 Å². The normalized spacial score (nSPS) is 36.8. The van der Waals surface area contributed by atoms with Crippen LogP contribution < -0.4 is 0 Å². The third kappa shape index (κ3) is 1.58. The minimum absolute atomic E-state index is 1.02. The van der Waals surface area contributed by atoms with Crippen molar-refractivity contribution < 1.29 is 0 Å². The first-order valence-electron chi connectivity index (χ1n) is 5.16. The van der Waals surface area contributed by atoms with E-state index in [0.717, 1.165) is 12.0 Å². The van der Waals surface area contributed by atoms with E-state index in [1.165, 1.54) is 45.2 Å². The molecule has 1 saturated carbocycles. The van der Waals surface area contributed by atoms with Gasteiger partial charge in [0, 0.05) is 6.04 Å². The molecular formula is C10H19N. The van der Waals surface area contributed by atoms with Crippen molar-refractivity contribution in [2.75, 3.05) is 13.1 Å². The van der Waals surface area contributed by atoms with Crippen molar-refractivity contribution in [2.24, 2.45) is 5.92 Å². The summed E-state index contributed by atoms with van der Waals surface area (Å²) in [5.74, 6) is 1.11. The molecule has 0 aromatic heterocycles. The minimum Gasteiger partial charge on any atom is -0.300 e. The Morgan fingerprint density at radius 2 is 2.36 bits per heavy atom. The second-order valence-corrected chi connectivity index (χ2v) is 4.09. The largest absolute Gasteiger partial charge is 0.300 e. The minimum atomic E-state index is 1.02. The fraction of sp³-hybridized carbons (Fsp3) is 1.00. The topological polar surface area (TPSA) is 3.24 Å². The van der Waals surface area contributed by atoms with Crippen molar-refractivity contribution in [3.63, 3.8) is 0 Å². The average molecular weight is 153 g/mol. The second kappa shape index (κ2) is 3.14. The third-order valence-electron chi connectivity index (χ3n) is 3.17. The molecule has 0 N–H and O–H groups in total. The number of likely N-dealkylation sites (tertiary alicyclic amines) is 1. The molecule has 1 aliphatic carbocycles. The highest BCUT2D eigenvalue weighted by molar-refractivity contribution is 4.97. The molecule has 1 nitrogen and oxygen atoms in total. The Morgan fingerprint density at radius 1 is 1.45 bits per heavy atom. The Bertz CT molecular complexity index is 133. The molecule has 1 heterocycles. The van der Waals surface area contributed by atoms with E-state index in [1.54, 1.807) is 0 Å². The molecule has 0 aromatic carbocycles. The number of rotatable bonds is 3. The van der Waals surface area contributed by atoms with Gasteiger partial charge in [-0.3, -0.25) is 0 Å². The lowest BCUT2D eigenvalue weighted by Crippen LogP contribution is -2.32. The predicted molar refractivity (Wildman–Crippen MR) is 47.6 cm³/mol. The van der Waals surface area contributed by atoms with Gasteiger partial charge in [0.05, 0.1) is 0 Å². The van der Waals surface area contributed by atoms with Gasteiger partial charge in [-0.25, -0.2) is 0 Å². The molecule has 0 bridgehead atoms. The van der Waals surface area contributed by atoms with Crippen molar-refractivity contribution in [1.29, 1.82) is 0 Å². The van der Waals surface area contributed by atoms with Crippen LogP contribution in [0.15, 0.2) is 0 Å². The van der Waals surface area contributed by atoms with Crippen LogP contribution in [0.25, 0.3) is 0 Å². The van der Waals surface area contributed by atoms with Gasteiger partial charge < -0.3 is 4.90 Å². The van der Waals surface area contributed by atoms with Crippen LogP contribution in [0.4, 0.5) is 0 Å². The van der Waals surface area contributed by atoms with E-state index in [-0.39, 0.29) is 0 Å². The van der Waals surface area contributed by atoms with Gasteiger partial charge in [0.1, 0.15) is 0 Å². The van der Waals surface area contributed by atoms with E-state index in [9.17, 15) is 0 Å². The molecule has 0 radical (unpaired) electrons. The Labute approximate surface area is 69.8 Å². The molecule has 1 aliphatic heterocycles. The van der Waals surface area contributed by atoms with E-state index < -0.39 is 0 Å². The summed E-state index contributed by atoms with van der Waals surface area (Å²) in [6.07, 6.45) is 7.26. The molecule has 2 unspecified atom stereocenters. The van der Waals surface area contributed by atoms with Gasteiger partial charge in [0.2, 0.25) is 0 Å². The lowest BCUT2D eigenvalue weighted by atomic mass is 10.1. The Hall–Kier alpha value is -0.0400. The lowest BCUT2D eigenvalue weighted by molar-refractivity contribution is 0.212. The molecule has 64 valence electrons. The smallest absolute Gasteiger partial charge is 0.0127 e. The molecule has 2 atom stereocenters. The highest BCUT2D eigenvalue weighted by Gasteiger charge is 2.43. The van der Waals surface area contributed by atoms with Gasteiger partial charge >= 0.3 is 0 Å². The van der Waals surface area contributed by atoms with Crippen LogP contribution >= 0.6 is 0 Å². The van der Waals surface area contributed by atoms with Crippen LogP contribution in [0.2, 0.25) is 0 Å². The molecule has 2 rings (SSSR count). The van der Waals surface area contributed by atoms with E-state index in [4.69, 9.17) is 0 Å². The molecule has 2 aliphatic rings. The third-order valence-corrected chi connectivity index (χ3v) is 3.17. The molecule has 11 heavy (non-hydrogen) atoms. The van der Waals surface area contributed by atoms with Crippen LogP contribution in [-0.2, 0) is 0 Å². The molecule has 0 amide bonds. The summed E-state index contributed by atoms with van der Waals surface area (Å²) in [6, 6.07) is 1.02. The average Bonchev–Trinajstić information content (AvgIpc) is 2.79. The number of hydrogen-bond donors (Lipinski definition) is 0. The predicted octanol–water partition coefficient (Wildman–Crippen LogP) is 2.27. The first-order chi connectivity index (χ1) is 5.42. The van der Waals surface area contributed by atoms with Crippen LogP contribution in [-0.4, -0.2) is 24.0 Å². The number of piperidine rings is 1. The zero-order chi connectivity index (χ0) is 7.68. The van der Waals surface area contributed by atoms with Gasteiger partial charge in [-0.05, 0) is 44.7 Å². The van der Waals surface area contributed by atoms with Crippen molar-refractivity contribution in [3.8, 4) is 0 Å².